The molecule has 2 atom stereocenters. The third-order valence-corrected chi connectivity index (χ3v) is 3.71. The van der Waals surface area contributed by atoms with Crippen LogP contribution < -0.4 is 0 Å². The average molecular weight is 225 g/mol. The Labute approximate surface area is 98.1 Å². The van der Waals surface area contributed by atoms with Crippen LogP contribution in [0.25, 0.3) is 0 Å². The van der Waals surface area contributed by atoms with Crippen LogP contribution in [0, 0.1) is 5.92 Å². The summed E-state index contributed by atoms with van der Waals surface area (Å²) >= 11 is 0. The number of hydrogen-bond acceptors (Lipinski definition) is 2. The molecule has 2 fully saturated rings. The number of ether oxygens (including phenoxy) is 1. The van der Waals surface area contributed by atoms with E-state index in [-0.39, 0.29) is 12.2 Å². The van der Waals surface area contributed by atoms with Crippen molar-refractivity contribution in [1.82, 2.24) is 4.90 Å². The fourth-order valence-corrected chi connectivity index (χ4v) is 2.97. The summed E-state index contributed by atoms with van der Waals surface area (Å²) < 4.78 is 5.64. The number of rotatable bonds is 2. The van der Waals surface area contributed by atoms with Gasteiger partial charge in [0, 0.05) is 19.5 Å². The normalized spacial score (nSPS) is 32.0. The molecule has 1 saturated carbocycles. The van der Waals surface area contributed by atoms with Crippen LogP contribution in [0.1, 0.15) is 46.0 Å². The molecule has 2 aliphatic rings. The van der Waals surface area contributed by atoms with E-state index in [1.54, 1.807) is 0 Å². The van der Waals surface area contributed by atoms with Crippen LogP contribution in [0.2, 0.25) is 0 Å². The highest BCUT2D eigenvalue weighted by atomic mass is 16.5. The molecule has 0 bridgehead atoms. The van der Waals surface area contributed by atoms with Crippen molar-refractivity contribution in [3.63, 3.8) is 0 Å². The Balaban J connectivity index is 1.83. The summed E-state index contributed by atoms with van der Waals surface area (Å²) in [5.41, 5.74) is 0. The van der Waals surface area contributed by atoms with Gasteiger partial charge in [-0.05, 0) is 32.6 Å². The first-order valence-corrected chi connectivity index (χ1v) is 6.58. The minimum atomic E-state index is 0.191. The van der Waals surface area contributed by atoms with E-state index in [1.165, 1.54) is 25.7 Å². The second kappa shape index (κ2) is 5.17. The van der Waals surface area contributed by atoms with Crippen molar-refractivity contribution in [2.24, 2.45) is 5.92 Å². The van der Waals surface area contributed by atoms with Crippen LogP contribution in [-0.2, 0) is 9.53 Å². The first-order valence-electron chi connectivity index (χ1n) is 6.58. The minimum absolute atomic E-state index is 0.191. The van der Waals surface area contributed by atoms with Gasteiger partial charge < -0.3 is 9.64 Å². The van der Waals surface area contributed by atoms with Crippen LogP contribution in [-0.4, -0.2) is 36.1 Å². The highest BCUT2D eigenvalue weighted by molar-refractivity contribution is 5.76. The molecule has 3 heteroatoms. The molecule has 0 unspecified atom stereocenters. The summed E-state index contributed by atoms with van der Waals surface area (Å²) in [6.45, 7) is 5.64. The average Bonchev–Trinajstić information content (AvgIpc) is 2.68. The molecule has 1 saturated heterocycles. The Bertz CT molecular complexity index is 238. The summed E-state index contributed by atoms with van der Waals surface area (Å²) in [6.07, 6.45) is 6.27. The van der Waals surface area contributed by atoms with Gasteiger partial charge in [-0.2, -0.15) is 0 Å². The SMILES string of the molecule is C[C@@H]1CN(C(=O)CC2CCCC2)C[C@@H](C)O1. The molecular weight excluding hydrogens is 202 g/mol. The van der Waals surface area contributed by atoms with E-state index in [1.807, 2.05) is 18.7 Å². The van der Waals surface area contributed by atoms with Crippen LogP contribution in [0.15, 0.2) is 0 Å². The number of morpholine rings is 1. The van der Waals surface area contributed by atoms with E-state index >= 15 is 0 Å². The van der Waals surface area contributed by atoms with Gasteiger partial charge in [-0.25, -0.2) is 0 Å². The highest BCUT2D eigenvalue weighted by Crippen LogP contribution is 2.28. The van der Waals surface area contributed by atoms with Gasteiger partial charge in [0.2, 0.25) is 5.91 Å². The second-order valence-electron chi connectivity index (χ2n) is 5.41. The van der Waals surface area contributed by atoms with Crippen LogP contribution >= 0.6 is 0 Å². The third-order valence-electron chi connectivity index (χ3n) is 3.71. The number of carbonyl (C=O) groups is 1. The second-order valence-corrected chi connectivity index (χ2v) is 5.41. The summed E-state index contributed by atoms with van der Waals surface area (Å²) in [5.74, 6) is 0.995. The van der Waals surface area contributed by atoms with Crippen molar-refractivity contribution in [2.45, 2.75) is 58.2 Å². The predicted octanol–water partition coefficient (Wildman–Crippen LogP) is 2.20. The van der Waals surface area contributed by atoms with Gasteiger partial charge in [0.25, 0.3) is 0 Å². The maximum atomic E-state index is 12.1. The lowest BCUT2D eigenvalue weighted by Crippen LogP contribution is -2.48. The lowest BCUT2D eigenvalue weighted by molar-refractivity contribution is -0.144. The number of hydrogen-bond donors (Lipinski definition) is 0. The maximum Gasteiger partial charge on any atom is 0.223 e. The van der Waals surface area contributed by atoms with Gasteiger partial charge >= 0.3 is 0 Å². The quantitative estimate of drug-likeness (QED) is 0.721. The Morgan fingerprint density at radius 2 is 1.75 bits per heavy atom. The van der Waals surface area contributed by atoms with Gasteiger partial charge in [-0.1, -0.05) is 12.8 Å². The molecule has 1 aliphatic carbocycles. The van der Waals surface area contributed by atoms with Crippen molar-refractivity contribution in [3.05, 3.63) is 0 Å². The molecule has 0 N–H and O–H groups in total. The van der Waals surface area contributed by atoms with E-state index in [4.69, 9.17) is 4.74 Å². The Kier molecular flexibility index (Phi) is 3.85. The molecule has 2 rings (SSSR count). The monoisotopic (exact) mass is 225 g/mol. The molecule has 1 heterocycles. The molecule has 0 aromatic heterocycles. The molecule has 3 nitrogen and oxygen atoms in total. The summed E-state index contributed by atoms with van der Waals surface area (Å²) in [4.78, 5) is 14.1. The predicted molar refractivity (Wildman–Crippen MR) is 63.2 cm³/mol. The van der Waals surface area contributed by atoms with Gasteiger partial charge in [0.15, 0.2) is 0 Å². The summed E-state index contributed by atoms with van der Waals surface area (Å²) in [6, 6.07) is 0. The zero-order chi connectivity index (χ0) is 11.5. The zero-order valence-electron chi connectivity index (χ0n) is 10.4. The number of nitrogens with zero attached hydrogens (tertiary/aromatic N) is 1. The highest BCUT2D eigenvalue weighted by Gasteiger charge is 2.28. The standard InChI is InChI=1S/C13H23NO2/c1-10-8-14(9-11(2)16-10)13(15)7-12-5-3-4-6-12/h10-12H,3-9H2,1-2H3/t10-,11-/m1/s1. The Morgan fingerprint density at radius 1 is 1.19 bits per heavy atom. The minimum Gasteiger partial charge on any atom is -0.372 e. The van der Waals surface area contributed by atoms with E-state index in [0.717, 1.165) is 19.5 Å². The Morgan fingerprint density at radius 3 is 2.31 bits per heavy atom. The molecule has 0 radical (unpaired) electrons. The van der Waals surface area contributed by atoms with Gasteiger partial charge in [0.1, 0.15) is 0 Å². The molecule has 0 aromatic carbocycles. The van der Waals surface area contributed by atoms with Gasteiger partial charge in [0.05, 0.1) is 12.2 Å². The van der Waals surface area contributed by atoms with E-state index in [2.05, 4.69) is 0 Å². The van der Waals surface area contributed by atoms with Gasteiger partial charge in [-0.15, -0.1) is 0 Å². The largest absolute Gasteiger partial charge is 0.372 e. The first-order chi connectivity index (χ1) is 7.65. The summed E-state index contributed by atoms with van der Waals surface area (Å²) in [5, 5.41) is 0. The molecule has 16 heavy (non-hydrogen) atoms. The summed E-state index contributed by atoms with van der Waals surface area (Å²) in [7, 11) is 0. The van der Waals surface area contributed by atoms with E-state index in [9.17, 15) is 4.79 Å². The fraction of sp³-hybridized carbons (Fsp3) is 0.923. The van der Waals surface area contributed by atoms with E-state index in [0.29, 0.717) is 11.8 Å². The zero-order valence-corrected chi connectivity index (χ0v) is 10.4. The van der Waals surface area contributed by atoms with E-state index < -0.39 is 0 Å². The molecule has 0 aromatic rings. The maximum absolute atomic E-state index is 12.1. The molecule has 0 spiro atoms. The first kappa shape index (κ1) is 11.9. The van der Waals surface area contributed by atoms with Crippen LogP contribution in [0.3, 0.4) is 0 Å². The van der Waals surface area contributed by atoms with Crippen LogP contribution in [0.4, 0.5) is 0 Å². The number of amides is 1. The van der Waals surface area contributed by atoms with Crippen molar-refractivity contribution < 1.29 is 9.53 Å². The van der Waals surface area contributed by atoms with Crippen molar-refractivity contribution >= 4 is 5.91 Å². The third kappa shape index (κ3) is 2.97. The molecule has 92 valence electrons. The fourth-order valence-electron chi connectivity index (χ4n) is 2.97. The molecule has 1 aliphatic heterocycles. The molecular formula is C13H23NO2. The lowest BCUT2D eigenvalue weighted by Gasteiger charge is -2.35. The van der Waals surface area contributed by atoms with Crippen LogP contribution in [0.5, 0.6) is 0 Å². The molecule has 1 amide bonds. The van der Waals surface area contributed by atoms with Crippen molar-refractivity contribution in [2.75, 3.05) is 13.1 Å². The Hall–Kier alpha value is -0.570. The smallest absolute Gasteiger partial charge is 0.223 e. The lowest BCUT2D eigenvalue weighted by atomic mass is 10.0. The topological polar surface area (TPSA) is 29.5 Å². The van der Waals surface area contributed by atoms with Crippen molar-refractivity contribution in [1.29, 1.82) is 0 Å². The number of carbonyl (C=O) groups excluding carboxylic acids is 1. The van der Waals surface area contributed by atoms with Gasteiger partial charge in [-0.3, -0.25) is 4.79 Å². The van der Waals surface area contributed by atoms with Crippen molar-refractivity contribution in [3.8, 4) is 0 Å².